The maximum Gasteiger partial charge on any atom is 0.471 e. The van der Waals surface area contributed by atoms with Gasteiger partial charge in [0, 0.05) is 17.3 Å². The average molecular weight is 558 g/mol. The molecule has 1 saturated heterocycles. The molecule has 1 aromatic carbocycles. The summed E-state index contributed by atoms with van der Waals surface area (Å²) in [5, 5.41) is 2.32. The van der Waals surface area contributed by atoms with Crippen molar-refractivity contribution in [2.24, 2.45) is 5.16 Å². The van der Waals surface area contributed by atoms with Crippen molar-refractivity contribution in [3.05, 3.63) is 62.6 Å². The van der Waals surface area contributed by atoms with E-state index in [2.05, 4.69) is 10.1 Å². The van der Waals surface area contributed by atoms with Crippen LogP contribution in [0.25, 0.3) is 0 Å². The number of halogens is 9. The van der Waals surface area contributed by atoms with Crippen LogP contribution in [0.5, 0.6) is 0 Å². The molecule has 0 N–H and O–H groups in total. The number of hydrogen-bond acceptors (Lipinski definition) is 5. The number of carbonyl (C=O) groups excluding carboxylic acids is 1. The molecule has 1 atom stereocenters. The number of ether oxygens (including phenoxy) is 1. The highest BCUT2D eigenvalue weighted by Gasteiger charge is 2.63. The third-order valence-electron chi connectivity index (χ3n) is 6.34. The minimum Gasteiger partial charge on any atom is -0.374 e. The first kappa shape index (κ1) is 25.0. The van der Waals surface area contributed by atoms with Gasteiger partial charge in [-0.05, 0) is 23.8 Å². The Morgan fingerprint density at radius 1 is 1.06 bits per heavy atom. The molecular formula is C21H12Cl2F7N3O3. The second kappa shape index (κ2) is 7.93. The maximum absolute atomic E-state index is 14.2. The molecule has 1 spiro atoms. The van der Waals surface area contributed by atoms with Crippen molar-refractivity contribution in [3.63, 3.8) is 0 Å². The molecule has 192 valence electrons. The third kappa shape index (κ3) is 3.70. The normalized spacial score (nSPS) is 22.8. The fourth-order valence-electron chi connectivity index (χ4n) is 4.46. The summed E-state index contributed by atoms with van der Waals surface area (Å²) in [4.78, 5) is 21.0. The van der Waals surface area contributed by atoms with Crippen LogP contribution in [0.2, 0.25) is 10.0 Å². The fraction of sp³-hybridized carbons (Fsp3) is 0.381. The first-order valence-electron chi connectivity index (χ1n) is 10.1. The number of rotatable bonds is 2. The van der Waals surface area contributed by atoms with Gasteiger partial charge in [0.1, 0.15) is 11.3 Å². The summed E-state index contributed by atoms with van der Waals surface area (Å²) >= 11 is 11.4. The molecule has 0 radical (unpaired) electrons. The highest BCUT2D eigenvalue weighted by Crippen LogP contribution is 2.50. The maximum atomic E-state index is 14.2. The Hall–Kier alpha value is -2.64. The van der Waals surface area contributed by atoms with Crippen molar-refractivity contribution in [2.45, 2.75) is 36.6 Å². The quantitative estimate of drug-likeness (QED) is 0.374. The molecule has 1 fully saturated rings. The smallest absolute Gasteiger partial charge is 0.374 e. The van der Waals surface area contributed by atoms with Crippen molar-refractivity contribution in [3.8, 4) is 0 Å². The number of amides is 1. The highest BCUT2D eigenvalue weighted by molar-refractivity contribution is 6.35. The lowest BCUT2D eigenvalue weighted by Gasteiger charge is -2.47. The zero-order valence-corrected chi connectivity index (χ0v) is 19.1. The molecule has 1 unspecified atom stereocenters. The van der Waals surface area contributed by atoms with Gasteiger partial charge in [0.2, 0.25) is 0 Å². The number of aromatic nitrogens is 1. The summed E-state index contributed by atoms with van der Waals surface area (Å²) in [5.74, 6) is -3.07. The molecule has 15 heteroatoms. The van der Waals surface area contributed by atoms with Crippen LogP contribution in [0.3, 0.4) is 0 Å². The largest absolute Gasteiger partial charge is 0.471 e. The number of fused-ring (bicyclic) bond motifs is 2. The molecule has 36 heavy (non-hydrogen) atoms. The van der Waals surface area contributed by atoms with E-state index in [1.54, 1.807) is 0 Å². The predicted molar refractivity (Wildman–Crippen MR) is 110 cm³/mol. The van der Waals surface area contributed by atoms with E-state index in [9.17, 15) is 35.5 Å². The van der Waals surface area contributed by atoms with Gasteiger partial charge in [-0.2, -0.15) is 26.3 Å². The summed E-state index contributed by atoms with van der Waals surface area (Å²) in [7, 11) is 0. The van der Waals surface area contributed by atoms with Gasteiger partial charge < -0.3 is 14.5 Å². The van der Waals surface area contributed by atoms with Crippen molar-refractivity contribution < 1.29 is 45.1 Å². The number of likely N-dealkylation sites (tertiary alicyclic amines) is 1. The summed E-state index contributed by atoms with van der Waals surface area (Å²) in [6.45, 7) is -0.736. The molecule has 3 aliphatic heterocycles. The molecule has 1 amide bonds. The molecule has 0 saturated carbocycles. The van der Waals surface area contributed by atoms with E-state index < -0.39 is 57.3 Å². The minimum atomic E-state index is -5.02. The van der Waals surface area contributed by atoms with Crippen molar-refractivity contribution in [1.29, 1.82) is 0 Å². The number of benzene rings is 1. The van der Waals surface area contributed by atoms with Crippen LogP contribution in [0.15, 0.2) is 29.6 Å². The molecule has 5 rings (SSSR count). The van der Waals surface area contributed by atoms with Crippen LogP contribution in [-0.2, 0) is 32.2 Å². The first-order chi connectivity index (χ1) is 16.7. The van der Waals surface area contributed by atoms with Gasteiger partial charge in [0.05, 0.1) is 41.9 Å². The van der Waals surface area contributed by atoms with Crippen molar-refractivity contribution in [1.82, 2.24) is 9.88 Å². The Labute approximate surface area is 207 Å². The van der Waals surface area contributed by atoms with Crippen LogP contribution in [-0.4, -0.2) is 46.9 Å². The van der Waals surface area contributed by atoms with Crippen LogP contribution < -0.4 is 0 Å². The van der Waals surface area contributed by atoms with E-state index >= 15 is 0 Å². The van der Waals surface area contributed by atoms with Gasteiger partial charge in [0.15, 0.2) is 5.82 Å². The zero-order chi connectivity index (χ0) is 26.3. The van der Waals surface area contributed by atoms with E-state index in [-0.39, 0.29) is 31.1 Å². The molecule has 1 aromatic heterocycles. The van der Waals surface area contributed by atoms with E-state index in [1.165, 1.54) is 12.3 Å². The predicted octanol–water partition coefficient (Wildman–Crippen LogP) is 5.24. The Bertz CT molecular complexity index is 1290. The van der Waals surface area contributed by atoms with Gasteiger partial charge in [-0.3, -0.25) is 9.78 Å². The standard InChI is InChI=1S/C21H12Cl2F7N3O3/c22-12-2-10(3-13(23)16(12)24)19(21(28,29)30)4-15(32-36-19)14-1-9-6-35-18(11(9)5-31-14)7-33(8-18)17(34)20(25,26)27/h1-3,5H,4,6-8H2. The second-order valence-corrected chi connectivity index (χ2v) is 9.37. The number of carbonyl (C=O) groups is 1. The first-order valence-corrected chi connectivity index (χ1v) is 10.9. The number of pyridine rings is 1. The number of nitrogens with zero attached hydrogens (tertiary/aromatic N) is 3. The SMILES string of the molecule is O=C(N1CC2(C1)OCc1cc(C3=NOC(c4cc(Cl)c(F)c(Cl)c4)(C(F)(F)F)C3)ncc12)C(F)(F)F. The Kier molecular flexibility index (Phi) is 5.51. The molecule has 0 bridgehead atoms. The molecule has 4 heterocycles. The van der Waals surface area contributed by atoms with Gasteiger partial charge >= 0.3 is 18.3 Å². The molecule has 0 aliphatic carbocycles. The summed E-state index contributed by atoms with van der Waals surface area (Å²) in [6.07, 6.45) is -9.59. The average Bonchev–Trinajstić information content (AvgIpc) is 3.37. The Balaban J connectivity index is 1.41. The Morgan fingerprint density at radius 2 is 1.69 bits per heavy atom. The van der Waals surface area contributed by atoms with E-state index in [4.69, 9.17) is 32.8 Å². The third-order valence-corrected chi connectivity index (χ3v) is 6.89. The molecule has 6 nitrogen and oxygen atoms in total. The monoisotopic (exact) mass is 557 g/mol. The van der Waals surface area contributed by atoms with Crippen molar-refractivity contribution in [2.75, 3.05) is 13.1 Å². The molecule has 2 aromatic rings. The van der Waals surface area contributed by atoms with Crippen LogP contribution in [0, 0.1) is 5.82 Å². The molecular weight excluding hydrogens is 546 g/mol. The summed E-state index contributed by atoms with van der Waals surface area (Å²) in [5.41, 5.74) is -4.01. The molecule has 3 aliphatic rings. The number of oxime groups is 1. The number of hydrogen-bond donors (Lipinski definition) is 0. The summed E-state index contributed by atoms with van der Waals surface area (Å²) < 4.78 is 100.0. The minimum absolute atomic E-state index is 0.0161. The van der Waals surface area contributed by atoms with E-state index in [0.29, 0.717) is 16.0 Å². The lowest BCUT2D eigenvalue weighted by molar-refractivity contribution is -0.275. The van der Waals surface area contributed by atoms with Gasteiger partial charge in [0.25, 0.3) is 5.60 Å². The van der Waals surface area contributed by atoms with Crippen LogP contribution in [0.4, 0.5) is 30.7 Å². The number of alkyl halides is 6. The zero-order valence-electron chi connectivity index (χ0n) is 17.6. The second-order valence-electron chi connectivity index (χ2n) is 8.55. The highest BCUT2D eigenvalue weighted by atomic mass is 35.5. The van der Waals surface area contributed by atoms with Gasteiger partial charge in [-0.15, -0.1) is 0 Å². The Morgan fingerprint density at radius 3 is 2.28 bits per heavy atom. The fourth-order valence-corrected chi connectivity index (χ4v) is 4.95. The van der Waals surface area contributed by atoms with Gasteiger partial charge in [-0.1, -0.05) is 28.4 Å². The van der Waals surface area contributed by atoms with E-state index in [1.807, 2.05) is 0 Å². The van der Waals surface area contributed by atoms with Crippen molar-refractivity contribution >= 4 is 34.8 Å². The lowest BCUT2D eigenvalue weighted by atomic mass is 9.85. The van der Waals surface area contributed by atoms with Crippen LogP contribution >= 0.6 is 23.2 Å². The topological polar surface area (TPSA) is 64.0 Å². The van der Waals surface area contributed by atoms with Gasteiger partial charge in [-0.25, -0.2) is 4.39 Å². The van der Waals surface area contributed by atoms with E-state index in [0.717, 1.165) is 12.1 Å². The summed E-state index contributed by atoms with van der Waals surface area (Å²) in [6, 6.07) is 2.91. The lowest BCUT2D eigenvalue weighted by Crippen LogP contribution is -2.63. The van der Waals surface area contributed by atoms with Crippen LogP contribution in [0.1, 0.15) is 28.8 Å².